The Balaban J connectivity index is 2.18. The van der Waals surface area contributed by atoms with Gasteiger partial charge in [-0.3, -0.25) is 0 Å². The second-order valence-corrected chi connectivity index (χ2v) is 3.17. The summed E-state index contributed by atoms with van der Waals surface area (Å²) in [4.78, 5) is 12.5. The van der Waals surface area contributed by atoms with Crippen molar-refractivity contribution in [2.45, 2.75) is 32.7 Å². The summed E-state index contributed by atoms with van der Waals surface area (Å²) in [5.41, 5.74) is 0. The summed E-state index contributed by atoms with van der Waals surface area (Å²) in [7, 11) is 0. The normalized spacial score (nSPS) is 16.2. The van der Waals surface area contributed by atoms with Gasteiger partial charge >= 0.3 is 0 Å². The minimum absolute atomic E-state index is 0.603. The average Bonchev–Trinajstić information content (AvgIpc) is 2.68. The number of aromatic nitrogens is 3. The first-order chi connectivity index (χ1) is 5.74. The first-order valence-electron chi connectivity index (χ1n) is 4.20. The van der Waals surface area contributed by atoms with Crippen molar-refractivity contribution in [3.8, 4) is 0 Å². The molecule has 1 aromatic heterocycles. The number of nitrogens with zero attached hydrogens (tertiary/aromatic N) is 3. The molecule has 0 amide bonds. The summed E-state index contributed by atoms with van der Waals surface area (Å²) in [6.07, 6.45) is 2.48. The van der Waals surface area contributed by atoms with Crippen LogP contribution in [0.15, 0.2) is 0 Å². The van der Waals surface area contributed by atoms with Crippen LogP contribution in [0.2, 0.25) is 0 Å². The minimum atomic E-state index is 0.603. The standard InChI is InChI=1S/C8H12N4/c1-5-9-6(2)11-8(10-5)12-7-3-4-7/h7H,3-4H2,1-2H3,(H,9,10,11,12). The molecule has 0 radical (unpaired) electrons. The summed E-state index contributed by atoms with van der Waals surface area (Å²) in [5.74, 6) is 2.29. The summed E-state index contributed by atoms with van der Waals surface area (Å²) in [6.45, 7) is 3.76. The van der Waals surface area contributed by atoms with Crippen LogP contribution in [0.25, 0.3) is 0 Å². The first-order valence-corrected chi connectivity index (χ1v) is 4.20. The maximum absolute atomic E-state index is 4.18. The van der Waals surface area contributed by atoms with E-state index < -0.39 is 0 Å². The van der Waals surface area contributed by atoms with Crippen molar-refractivity contribution < 1.29 is 0 Å². The average molecular weight is 164 g/mol. The largest absolute Gasteiger partial charge is 0.351 e. The molecule has 1 saturated carbocycles. The van der Waals surface area contributed by atoms with Gasteiger partial charge in [0, 0.05) is 6.04 Å². The van der Waals surface area contributed by atoms with E-state index in [0.29, 0.717) is 6.04 Å². The quantitative estimate of drug-likeness (QED) is 0.710. The lowest BCUT2D eigenvalue weighted by molar-refractivity contribution is 0.907. The van der Waals surface area contributed by atoms with Crippen LogP contribution in [-0.4, -0.2) is 21.0 Å². The molecule has 1 N–H and O–H groups in total. The van der Waals surface area contributed by atoms with E-state index in [4.69, 9.17) is 0 Å². The van der Waals surface area contributed by atoms with Crippen LogP contribution in [-0.2, 0) is 0 Å². The van der Waals surface area contributed by atoms with Crippen molar-refractivity contribution in [1.29, 1.82) is 0 Å². The fourth-order valence-corrected chi connectivity index (χ4v) is 1.09. The molecule has 1 aliphatic carbocycles. The second kappa shape index (κ2) is 2.69. The van der Waals surface area contributed by atoms with Gasteiger partial charge in [-0.15, -0.1) is 0 Å². The van der Waals surface area contributed by atoms with Crippen molar-refractivity contribution in [2.24, 2.45) is 0 Å². The molecule has 12 heavy (non-hydrogen) atoms. The Labute approximate surface area is 71.5 Å². The molecule has 0 bridgehead atoms. The van der Waals surface area contributed by atoms with E-state index in [-0.39, 0.29) is 0 Å². The third-order valence-electron chi connectivity index (χ3n) is 1.77. The van der Waals surface area contributed by atoms with E-state index in [1.54, 1.807) is 0 Å². The van der Waals surface area contributed by atoms with Gasteiger partial charge < -0.3 is 5.32 Å². The van der Waals surface area contributed by atoms with Gasteiger partial charge in [-0.2, -0.15) is 9.97 Å². The Morgan fingerprint density at radius 2 is 1.67 bits per heavy atom. The highest BCUT2D eigenvalue weighted by molar-refractivity contribution is 5.27. The first kappa shape index (κ1) is 7.46. The molecule has 1 heterocycles. The minimum Gasteiger partial charge on any atom is -0.351 e. The molecule has 0 aromatic carbocycles. The van der Waals surface area contributed by atoms with Gasteiger partial charge in [0.1, 0.15) is 11.6 Å². The third kappa shape index (κ3) is 1.69. The predicted octanol–water partition coefficient (Wildman–Crippen LogP) is 1.06. The summed E-state index contributed by atoms with van der Waals surface area (Å²) < 4.78 is 0. The number of hydrogen-bond acceptors (Lipinski definition) is 4. The van der Waals surface area contributed by atoms with E-state index >= 15 is 0 Å². The maximum Gasteiger partial charge on any atom is 0.226 e. The Hall–Kier alpha value is -1.19. The summed E-state index contributed by atoms with van der Waals surface area (Å²) in [5, 5.41) is 3.24. The SMILES string of the molecule is Cc1nc(C)nc(NC2CC2)n1. The fourth-order valence-electron chi connectivity index (χ4n) is 1.09. The highest BCUT2D eigenvalue weighted by atomic mass is 15.2. The van der Waals surface area contributed by atoms with Crippen molar-refractivity contribution in [3.05, 3.63) is 11.6 Å². The Kier molecular flexibility index (Phi) is 1.67. The van der Waals surface area contributed by atoms with Crippen LogP contribution in [0.1, 0.15) is 24.5 Å². The van der Waals surface area contributed by atoms with Crippen LogP contribution in [0.3, 0.4) is 0 Å². The van der Waals surface area contributed by atoms with E-state index in [1.165, 1.54) is 12.8 Å². The molecule has 64 valence electrons. The van der Waals surface area contributed by atoms with Crippen LogP contribution >= 0.6 is 0 Å². The smallest absolute Gasteiger partial charge is 0.226 e. The van der Waals surface area contributed by atoms with Crippen molar-refractivity contribution in [1.82, 2.24) is 15.0 Å². The zero-order valence-corrected chi connectivity index (χ0v) is 7.33. The lowest BCUT2D eigenvalue weighted by Gasteiger charge is -2.02. The van der Waals surface area contributed by atoms with Gasteiger partial charge in [-0.25, -0.2) is 4.98 Å². The van der Waals surface area contributed by atoms with E-state index in [2.05, 4.69) is 20.3 Å². The van der Waals surface area contributed by atoms with E-state index in [1.807, 2.05) is 13.8 Å². The second-order valence-electron chi connectivity index (χ2n) is 3.17. The van der Waals surface area contributed by atoms with Crippen LogP contribution in [0.4, 0.5) is 5.95 Å². The molecule has 4 nitrogen and oxygen atoms in total. The highest BCUT2D eigenvalue weighted by Crippen LogP contribution is 2.22. The molecule has 0 unspecified atom stereocenters. The van der Waals surface area contributed by atoms with Gasteiger partial charge in [0.25, 0.3) is 0 Å². The van der Waals surface area contributed by atoms with Gasteiger partial charge in [0.2, 0.25) is 5.95 Å². The molecule has 0 spiro atoms. The Morgan fingerprint density at radius 3 is 2.17 bits per heavy atom. The molecule has 1 fully saturated rings. The van der Waals surface area contributed by atoms with E-state index in [9.17, 15) is 0 Å². The lowest BCUT2D eigenvalue weighted by atomic mass is 10.6. The topological polar surface area (TPSA) is 50.7 Å². The van der Waals surface area contributed by atoms with Crippen LogP contribution in [0.5, 0.6) is 0 Å². The van der Waals surface area contributed by atoms with Crippen LogP contribution in [0, 0.1) is 13.8 Å². The molecular weight excluding hydrogens is 152 g/mol. The molecular formula is C8H12N4. The zero-order chi connectivity index (χ0) is 8.55. The molecule has 4 heteroatoms. The number of nitrogens with one attached hydrogen (secondary N) is 1. The molecule has 1 aliphatic rings. The van der Waals surface area contributed by atoms with Crippen molar-refractivity contribution in [2.75, 3.05) is 5.32 Å². The third-order valence-corrected chi connectivity index (χ3v) is 1.77. The maximum atomic E-state index is 4.18. The Bertz CT molecular complexity index is 273. The fraction of sp³-hybridized carbons (Fsp3) is 0.625. The predicted molar refractivity (Wildman–Crippen MR) is 45.9 cm³/mol. The van der Waals surface area contributed by atoms with Crippen molar-refractivity contribution in [3.63, 3.8) is 0 Å². The number of rotatable bonds is 2. The molecule has 0 saturated heterocycles. The molecule has 0 atom stereocenters. The van der Waals surface area contributed by atoms with Crippen LogP contribution < -0.4 is 5.32 Å². The van der Waals surface area contributed by atoms with Gasteiger partial charge in [-0.1, -0.05) is 0 Å². The number of anilines is 1. The van der Waals surface area contributed by atoms with Gasteiger partial charge in [-0.05, 0) is 26.7 Å². The number of aryl methyl sites for hydroxylation is 2. The zero-order valence-electron chi connectivity index (χ0n) is 7.33. The molecule has 1 aromatic rings. The van der Waals surface area contributed by atoms with Crippen molar-refractivity contribution >= 4 is 5.95 Å². The van der Waals surface area contributed by atoms with Gasteiger partial charge in [0.05, 0.1) is 0 Å². The molecule has 2 rings (SSSR count). The highest BCUT2D eigenvalue weighted by Gasteiger charge is 2.21. The Morgan fingerprint density at radius 1 is 1.08 bits per heavy atom. The van der Waals surface area contributed by atoms with Gasteiger partial charge in [0.15, 0.2) is 0 Å². The summed E-state index contributed by atoms with van der Waals surface area (Å²) >= 11 is 0. The molecule has 0 aliphatic heterocycles. The monoisotopic (exact) mass is 164 g/mol. The lowest BCUT2D eigenvalue weighted by Crippen LogP contribution is -2.08. The van der Waals surface area contributed by atoms with E-state index in [0.717, 1.165) is 17.6 Å². The number of hydrogen-bond donors (Lipinski definition) is 1. The summed E-state index contributed by atoms with van der Waals surface area (Å²) in [6, 6.07) is 0.603.